The van der Waals surface area contributed by atoms with Crippen molar-refractivity contribution >= 4 is 16.9 Å². The van der Waals surface area contributed by atoms with Gasteiger partial charge in [-0.2, -0.15) is 0 Å². The molecule has 2 aromatic carbocycles. The molecule has 32 heavy (non-hydrogen) atoms. The highest BCUT2D eigenvalue weighted by atomic mass is 16.5. The van der Waals surface area contributed by atoms with Gasteiger partial charge < -0.3 is 15.0 Å². The van der Waals surface area contributed by atoms with E-state index in [0.29, 0.717) is 12.6 Å². The maximum atomic E-state index is 6.17. The summed E-state index contributed by atoms with van der Waals surface area (Å²) >= 11 is 0. The molecule has 3 aromatic rings. The molecule has 2 aliphatic heterocycles. The third kappa shape index (κ3) is 4.47. The molecule has 6 nitrogen and oxygen atoms in total. The molecule has 2 aliphatic rings. The van der Waals surface area contributed by atoms with Crippen molar-refractivity contribution in [2.45, 2.75) is 32.2 Å². The van der Waals surface area contributed by atoms with Crippen LogP contribution >= 0.6 is 0 Å². The molecule has 0 bridgehead atoms. The molecule has 0 spiro atoms. The van der Waals surface area contributed by atoms with Gasteiger partial charge in [-0.05, 0) is 30.2 Å². The number of guanidine groups is 1. The third-order valence-corrected chi connectivity index (χ3v) is 6.42. The largest absolute Gasteiger partial charge is 0.373 e. The van der Waals surface area contributed by atoms with E-state index >= 15 is 0 Å². The molecule has 166 valence electrons. The fourth-order valence-electron chi connectivity index (χ4n) is 4.82. The monoisotopic (exact) mass is 429 g/mol. The molecule has 0 amide bonds. The molecule has 5 rings (SSSR count). The summed E-state index contributed by atoms with van der Waals surface area (Å²) in [5, 5.41) is 4.67. The summed E-state index contributed by atoms with van der Waals surface area (Å²) in [6, 6.07) is 21.5. The first-order valence-corrected chi connectivity index (χ1v) is 11.6. The lowest BCUT2D eigenvalue weighted by atomic mass is 10.1. The van der Waals surface area contributed by atoms with Crippen LogP contribution in [0.3, 0.4) is 0 Å². The Morgan fingerprint density at radius 1 is 1.09 bits per heavy atom. The molecule has 2 atom stereocenters. The van der Waals surface area contributed by atoms with E-state index < -0.39 is 0 Å². The van der Waals surface area contributed by atoms with Crippen LogP contribution < -0.4 is 5.32 Å². The van der Waals surface area contributed by atoms with Gasteiger partial charge in [-0.3, -0.25) is 9.88 Å². The molecule has 2 fully saturated rings. The maximum absolute atomic E-state index is 6.17. The zero-order valence-electron chi connectivity index (χ0n) is 18.7. The van der Waals surface area contributed by atoms with Crippen LogP contribution in [0.15, 0.2) is 71.9 Å². The van der Waals surface area contributed by atoms with Crippen LogP contribution in [0, 0.1) is 0 Å². The highest BCUT2D eigenvalue weighted by Crippen LogP contribution is 2.25. The van der Waals surface area contributed by atoms with E-state index in [9.17, 15) is 0 Å². The number of ether oxygens (including phenoxy) is 1. The number of hydrogen-bond donors (Lipinski definition) is 1. The topological polar surface area (TPSA) is 53.0 Å². The molecule has 2 unspecified atom stereocenters. The van der Waals surface area contributed by atoms with Crippen molar-refractivity contribution in [3.8, 4) is 0 Å². The number of nitrogens with zero attached hydrogens (tertiary/aromatic N) is 4. The summed E-state index contributed by atoms with van der Waals surface area (Å²) in [6.45, 7) is 8.13. The Balaban J connectivity index is 1.33. The van der Waals surface area contributed by atoms with Gasteiger partial charge in [-0.25, -0.2) is 4.99 Å². The molecule has 1 aromatic heterocycles. The van der Waals surface area contributed by atoms with Crippen LogP contribution in [0.4, 0.5) is 0 Å². The van der Waals surface area contributed by atoms with E-state index in [4.69, 9.17) is 9.73 Å². The minimum Gasteiger partial charge on any atom is -0.373 e. The number of aromatic nitrogens is 1. The number of hydrogen-bond acceptors (Lipinski definition) is 4. The summed E-state index contributed by atoms with van der Waals surface area (Å²) in [5.41, 5.74) is 3.57. The average Bonchev–Trinajstić information content (AvgIpc) is 3.28. The van der Waals surface area contributed by atoms with Crippen molar-refractivity contribution in [1.29, 1.82) is 0 Å². The van der Waals surface area contributed by atoms with Gasteiger partial charge in [-0.1, -0.05) is 48.5 Å². The summed E-state index contributed by atoms with van der Waals surface area (Å²) in [6.07, 6.45) is 2.10. The number of benzene rings is 2. The van der Waals surface area contributed by atoms with E-state index in [1.54, 1.807) is 0 Å². The zero-order valence-corrected chi connectivity index (χ0v) is 18.7. The Kier molecular flexibility index (Phi) is 6.32. The third-order valence-electron chi connectivity index (χ3n) is 6.42. The molecule has 1 N–H and O–H groups in total. The zero-order chi connectivity index (χ0) is 21.8. The van der Waals surface area contributed by atoms with Gasteiger partial charge >= 0.3 is 0 Å². The van der Waals surface area contributed by atoms with Crippen molar-refractivity contribution < 1.29 is 4.74 Å². The van der Waals surface area contributed by atoms with E-state index in [2.05, 4.69) is 81.6 Å². The van der Waals surface area contributed by atoms with Gasteiger partial charge in [0.05, 0.1) is 30.8 Å². The quantitative estimate of drug-likeness (QED) is 0.498. The van der Waals surface area contributed by atoms with Crippen LogP contribution in [-0.2, 0) is 17.8 Å². The van der Waals surface area contributed by atoms with Crippen LogP contribution in [0.2, 0.25) is 0 Å². The van der Waals surface area contributed by atoms with Gasteiger partial charge in [0.2, 0.25) is 0 Å². The number of aliphatic imine (C=N–C) groups is 1. The summed E-state index contributed by atoms with van der Waals surface area (Å²) in [5.74, 6) is 0.964. The van der Waals surface area contributed by atoms with Gasteiger partial charge in [0.25, 0.3) is 0 Å². The molecular weight excluding hydrogens is 398 g/mol. The van der Waals surface area contributed by atoms with Crippen molar-refractivity contribution in [2.24, 2.45) is 4.99 Å². The van der Waals surface area contributed by atoms with E-state index in [1.165, 1.54) is 16.5 Å². The molecule has 0 aliphatic carbocycles. The van der Waals surface area contributed by atoms with Crippen molar-refractivity contribution in [3.63, 3.8) is 0 Å². The number of pyridine rings is 1. The number of likely N-dealkylation sites (tertiary alicyclic amines) is 1. The predicted octanol–water partition coefficient (Wildman–Crippen LogP) is 3.29. The lowest BCUT2D eigenvalue weighted by Crippen LogP contribution is -2.50. The molecule has 3 heterocycles. The molecular formula is C26H31N5O. The van der Waals surface area contributed by atoms with Crippen LogP contribution in [-0.4, -0.2) is 65.7 Å². The fourth-order valence-corrected chi connectivity index (χ4v) is 4.82. The molecule has 0 saturated carbocycles. The number of nitrogens with one attached hydrogen (secondary N) is 1. The standard InChI is InChI=1S/C26H31N5O/c1-2-27-26(29-16-21-12-13-28-23-11-7-6-10-22(21)23)31-18-24-25(19-31)32-15-14-30(24)17-20-8-4-3-5-9-20/h3-13,24-25H,2,14-19H2,1H3,(H,27,29). The number of fused-ring (bicyclic) bond motifs is 2. The van der Waals surface area contributed by atoms with Gasteiger partial charge in [0.15, 0.2) is 5.96 Å². The van der Waals surface area contributed by atoms with Crippen molar-refractivity contribution in [2.75, 3.05) is 32.8 Å². The Bertz CT molecular complexity index is 1060. The Morgan fingerprint density at radius 3 is 2.81 bits per heavy atom. The van der Waals surface area contributed by atoms with Crippen molar-refractivity contribution in [1.82, 2.24) is 20.1 Å². The molecule has 0 radical (unpaired) electrons. The lowest BCUT2D eigenvalue weighted by Gasteiger charge is -2.36. The van der Waals surface area contributed by atoms with Crippen molar-refractivity contribution in [3.05, 3.63) is 78.0 Å². The first kappa shape index (κ1) is 20.9. The van der Waals surface area contributed by atoms with Gasteiger partial charge in [0, 0.05) is 44.3 Å². The van der Waals surface area contributed by atoms with Gasteiger partial charge in [-0.15, -0.1) is 0 Å². The summed E-state index contributed by atoms with van der Waals surface area (Å²) in [7, 11) is 0. The summed E-state index contributed by atoms with van der Waals surface area (Å²) in [4.78, 5) is 14.4. The van der Waals surface area contributed by atoms with Crippen LogP contribution in [0.1, 0.15) is 18.1 Å². The van der Waals surface area contributed by atoms with Gasteiger partial charge in [0.1, 0.15) is 0 Å². The smallest absolute Gasteiger partial charge is 0.194 e. The normalized spacial score (nSPS) is 21.7. The Labute approximate surface area is 189 Å². The Hall–Kier alpha value is -2.96. The summed E-state index contributed by atoms with van der Waals surface area (Å²) < 4.78 is 6.17. The number of para-hydroxylation sites is 1. The second-order valence-electron chi connectivity index (χ2n) is 8.50. The number of morpholine rings is 1. The molecule has 6 heteroatoms. The minimum atomic E-state index is 0.220. The van der Waals surface area contributed by atoms with Crippen LogP contribution in [0.25, 0.3) is 10.9 Å². The van der Waals surface area contributed by atoms with Crippen LogP contribution in [0.5, 0.6) is 0 Å². The first-order chi connectivity index (χ1) is 15.8. The van der Waals surface area contributed by atoms with E-state index in [-0.39, 0.29) is 6.10 Å². The highest BCUT2D eigenvalue weighted by Gasteiger charge is 2.41. The fraction of sp³-hybridized carbons (Fsp3) is 0.385. The lowest BCUT2D eigenvalue weighted by molar-refractivity contribution is -0.0502. The second kappa shape index (κ2) is 9.67. The maximum Gasteiger partial charge on any atom is 0.194 e. The average molecular weight is 430 g/mol. The Morgan fingerprint density at radius 2 is 1.94 bits per heavy atom. The minimum absolute atomic E-state index is 0.220. The second-order valence-corrected chi connectivity index (χ2v) is 8.50. The predicted molar refractivity (Wildman–Crippen MR) is 129 cm³/mol. The van der Waals surface area contributed by atoms with E-state index in [0.717, 1.165) is 50.8 Å². The SMILES string of the molecule is CCNC(=NCc1ccnc2ccccc12)N1CC2OCCN(Cc3ccccc3)C2C1. The highest BCUT2D eigenvalue weighted by molar-refractivity contribution is 5.83. The molecule has 2 saturated heterocycles. The van der Waals surface area contributed by atoms with E-state index in [1.807, 2.05) is 12.3 Å². The number of rotatable bonds is 5. The first-order valence-electron chi connectivity index (χ1n) is 11.6.